The van der Waals surface area contributed by atoms with Crippen LogP contribution in [-0.4, -0.2) is 38.3 Å². The van der Waals surface area contributed by atoms with Crippen LogP contribution < -0.4 is 10.6 Å². The van der Waals surface area contributed by atoms with Crippen molar-refractivity contribution in [1.82, 2.24) is 10.6 Å². The van der Waals surface area contributed by atoms with Crippen LogP contribution in [0.2, 0.25) is 0 Å². The second-order valence-electron chi connectivity index (χ2n) is 4.98. The number of hydrogen-bond donors (Lipinski definition) is 2. The van der Waals surface area contributed by atoms with Crippen LogP contribution in [0.25, 0.3) is 0 Å². The van der Waals surface area contributed by atoms with Gasteiger partial charge in [0.05, 0.1) is 12.6 Å². The fraction of sp³-hybridized carbons (Fsp3) is 0.909. The molecule has 2 N–H and O–H groups in total. The largest absolute Gasteiger partial charge is 0.381 e. The molecule has 2 atom stereocenters. The van der Waals surface area contributed by atoms with Crippen molar-refractivity contribution in [2.45, 2.75) is 32.2 Å². The van der Waals surface area contributed by atoms with Crippen molar-refractivity contribution in [3.05, 3.63) is 0 Å². The summed E-state index contributed by atoms with van der Waals surface area (Å²) in [5.41, 5.74) is 0.147. The van der Waals surface area contributed by atoms with Gasteiger partial charge in [0, 0.05) is 18.6 Å². The Kier molecular flexibility index (Phi) is 3.26. The monoisotopic (exact) mass is 212 g/mol. The molecule has 86 valence electrons. The highest BCUT2D eigenvalue weighted by Crippen LogP contribution is 2.26. The van der Waals surface area contributed by atoms with Crippen molar-refractivity contribution in [3.8, 4) is 0 Å². The molecule has 0 radical (unpaired) electrons. The van der Waals surface area contributed by atoms with E-state index in [2.05, 4.69) is 17.6 Å². The molecule has 15 heavy (non-hydrogen) atoms. The molecule has 0 aromatic carbocycles. The number of ether oxygens (including phenoxy) is 1. The molecular weight excluding hydrogens is 192 g/mol. The first-order valence-corrected chi connectivity index (χ1v) is 5.78. The van der Waals surface area contributed by atoms with Gasteiger partial charge < -0.3 is 15.4 Å². The molecule has 0 aromatic rings. The molecule has 2 fully saturated rings. The van der Waals surface area contributed by atoms with E-state index in [-0.39, 0.29) is 17.4 Å². The van der Waals surface area contributed by atoms with E-state index in [9.17, 15) is 4.79 Å². The maximum absolute atomic E-state index is 11.7. The predicted octanol–water partition coefficient (Wildman–Crippen LogP) is 0.281. The molecule has 2 aliphatic heterocycles. The quantitative estimate of drug-likeness (QED) is 0.706. The first-order valence-electron chi connectivity index (χ1n) is 5.78. The van der Waals surface area contributed by atoms with E-state index in [0.717, 1.165) is 45.6 Å². The van der Waals surface area contributed by atoms with Gasteiger partial charge in [0.1, 0.15) is 0 Å². The third-order valence-corrected chi connectivity index (χ3v) is 3.37. The zero-order valence-corrected chi connectivity index (χ0v) is 9.34. The maximum Gasteiger partial charge on any atom is 0.237 e. The summed E-state index contributed by atoms with van der Waals surface area (Å²) in [6.45, 7) is 5.48. The molecule has 0 saturated carbocycles. The minimum absolute atomic E-state index is 0.0379. The fourth-order valence-electron chi connectivity index (χ4n) is 2.18. The van der Waals surface area contributed by atoms with Crippen LogP contribution in [0.4, 0.5) is 0 Å². The van der Waals surface area contributed by atoms with Gasteiger partial charge in [0.25, 0.3) is 0 Å². The van der Waals surface area contributed by atoms with E-state index in [1.165, 1.54) is 0 Å². The van der Waals surface area contributed by atoms with Crippen LogP contribution in [-0.2, 0) is 9.53 Å². The average Bonchev–Trinajstić information content (AvgIpc) is 2.85. The Bertz CT molecular complexity index is 231. The van der Waals surface area contributed by atoms with Crippen LogP contribution in [0.5, 0.6) is 0 Å². The summed E-state index contributed by atoms with van der Waals surface area (Å²) in [4.78, 5) is 11.7. The van der Waals surface area contributed by atoms with E-state index < -0.39 is 0 Å². The normalized spacial score (nSPS) is 35.7. The SMILES string of the molecule is CC1(CNC(=O)C2CCCN2)CCOC1. The Hall–Kier alpha value is -0.610. The van der Waals surface area contributed by atoms with Gasteiger partial charge >= 0.3 is 0 Å². The van der Waals surface area contributed by atoms with Gasteiger partial charge in [-0.05, 0) is 25.8 Å². The molecule has 2 unspecified atom stereocenters. The van der Waals surface area contributed by atoms with Crippen LogP contribution in [0, 0.1) is 5.41 Å². The van der Waals surface area contributed by atoms with E-state index in [1.54, 1.807) is 0 Å². The highest BCUT2D eigenvalue weighted by molar-refractivity contribution is 5.82. The van der Waals surface area contributed by atoms with Crippen LogP contribution in [0.1, 0.15) is 26.2 Å². The Morgan fingerprint density at radius 1 is 1.67 bits per heavy atom. The molecule has 0 spiro atoms. The van der Waals surface area contributed by atoms with Crippen LogP contribution >= 0.6 is 0 Å². The number of rotatable bonds is 3. The molecule has 2 aliphatic rings. The van der Waals surface area contributed by atoms with Crippen molar-refractivity contribution >= 4 is 5.91 Å². The highest BCUT2D eigenvalue weighted by Gasteiger charge is 2.31. The molecule has 4 nitrogen and oxygen atoms in total. The van der Waals surface area contributed by atoms with Crippen molar-refractivity contribution in [2.24, 2.45) is 5.41 Å². The topological polar surface area (TPSA) is 50.4 Å². The van der Waals surface area contributed by atoms with E-state index >= 15 is 0 Å². The number of amides is 1. The molecular formula is C11H20N2O2. The fourth-order valence-corrected chi connectivity index (χ4v) is 2.18. The number of hydrogen-bond acceptors (Lipinski definition) is 3. The Morgan fingerprint density at radius 2 is 2.53 bits per heavy atom. The first kappa shape index (κ1) is 10.9. The third kappa shape index (κ3) is 2.69. The van der Waals surface area contributed by atoms with Gasteiger partial charge in [-0.2, -0.15) is 0 Å². The molecule has 1 amide bonds. The Labute approximate surface area is 90.8 Å². The van der Waals surface area contributed by atoms with Crippen LogP contribution in [0.15, 0.2) is 0 Å². The minimum Gasteiger partial charge on any atom is -0.381 e. The summed E-state index contributed by atoms with van der Waals surface area (Å²) < 4.78 is 5.35. The smallest absolute Gasteiger partial charge is 0.237 e. The van der Waals surface area contributed by atoms with Gasteiger partial charge in [0.15, 0.2) is 0 Å². The first-order chi connectivity index (χ1) is 7.20. The summed E-state index contributed by atoms with van der Waals surface area (Å²) in [5, 5.41) is 6.23. The molecule has 2 saturated heterocycles. The van der Waals surface area contributed by atoms with E-state index in [0.29, 0.717) is 0 Å². The molecule has 0 aromatic heterocycles. The van der Waals surface area contributed by atoms with E-state index in [1.807, 2.05) is 0 Å². The lowest BCUT2D eigenvalue weighted by Gasteiger charge is -2.23. The standard InChI is InChI=1S/C11H20N2O2/c1-11(4-6-15-8-11)7-13-10(14)9-3-2-5-12-9/h9,12H,2-8H2,1H3,(H,13,14). The van der Waals surface area contributed by atoms with Crippen molar-refractivity contribution in [3.63, 3.8) is 0 Å². The lowest BCUT2D eigenvalue weighted by atomic mass is 9.90. The van der Waals surface area contributed by atoms with E-state index in [4.69, 9.17) is 4.74 Å². The summed E-state index contributed by atoms with van der Waals surface area (Å²) >= 11 is 0. The van der Waals surface area contributed by atoms with Gasteiger partial charge in [0.2, 0.25) is 5.91 Å². The summed E-state index contributed by atoms with van der Waals surface area (Å²) in [6, 6.07) is 0.0379. The second kappa shape index (κ2) is 4.49. The molecule has 4 heteroatoms. The van der Waals surface area contributed by atoms with Gasteiger partial charge in [-0.15, -0.1) is 0 Å². The van der Waals surface area contributed by atoms with Gasteiger partial charge in [-0.3, -0.25) is 4.79 Å². The second-order valence-corrected chi connectivity index (χ2v) is 4.98. The number of carbonyl (C=O) groups excluding carboxylic acids is 1. The third-order valence-electron chi connectivity index (χ3n) is 3.37. The Balaban J connectivity index is 1.74. The van der Waals surface area contributed by atoms with Crippen LogP contribution in [0.3, 0.4) is 0 Å². The maximum atomic E-state index is 11.7. The predicted molar refractivity (Wildman–Crippen MR) is 57.6 cm³/mol. The van der Waals surface area contributed by atoms with Crippen molar-refractivity contribution in [2.75, 3.05) is 26.3 Å². The summed E-state index contributed by atoms with van der Waals surface area (Å²) in [7, 11) is 0. The van der Waals surface area contributed by atoms with Crippen molar-refractivity contribution in [1.29, 1.82) is 0 Å². The molecule has 0 aliphatic carbocycles. The lowest BCUT2D eigenvalue weighted by Crippen LogP contribution is -2.44. The summed E-state index contributed by atoms with van der Waals surface area (Å²) in [5.74, 6) is 0.153. The zero-order chi connectivity index (χ0) is 10.7. The van der Waals surface area contributed by atoms with Gasteiger partial charge in [-0.1, -0.05) is 6.92 Å². The number of nitrogens with one attached hydrogen (secondary N) is 2. The summed E-state index contributed by atoms with van der Waals surface area (Å²) in [6.07, 6.45) is 3.13. The molecule has 0 bridgehead atoms. The lowest BCUT2D eigenvalue weighted by molar-refractivity contribution is -0.123. The highest BCUT2D eigenvalue weighted by atomic mass is 16.5. The zero-order valence-electron chi connectivity index (χ0n) is 9.34. The molecule has 2 rings (SSSR count). The Morgan fingerprint density at radius 3 is 3.13 bits per heavy atom. The number of carbonyl (C=O) groups is 1. The molecule has 2 heterocycles. The van der Waals surface area contributed by atoms with Crippen molar-refractivity contribution < 1.29 is 9.53 Å². The minimum atomic E-state index is 0.0379. The average molecular weight is 212 g/mol. The van der Waals surface area contributed by atoms with Gasteiger partial charge in [-0.25, -0.2) is 0 Å².